The van der Waals surface area contributed by atoms with Gasteiger partial charge in [0.2, 0.25) is 0 Å². The van der Waals surface area contributed by atoms with Gasteiger partial charge in [-0.25, -0.2) is 0 Å². The Balaban J connectivity index is 2.44. The Hall–Kier alpha value is -1.00. The Morgan fingerprint density at radius 2 is 2.05 bits per heavy atom. The zero-order chi connectivity index (χ0) is 14.1. The molecule has 0 aromatic heterocycles. The number of carbonyl (C=O) groups excluding carboxylic acids is 1. The molecule has 0 amide bonds. The number of ether oxygens (including phenoxy) is 1. The van der Waals surface area contributed by atoms with E-state index in [0.717, 1.165) is 18.1 Å². The van der Waals surface area contributed by atoms with Gasteiger partial charge >= 0.3 is 5.97 Å². The van der Waals surface area contributed by atoms with Crippen LogP contribution in [0.4, 0.5) is 0 Å². The summed E-state index contributed by atoms with van der Waals surface area (Å²) in [7, 11) is 1.43. The van der Waals surface area contributed by atoms with Crippen molar-refractivity contribution in [2.75, 3.05) is 25.2 Å². The highest BCUT2D eigenvalue weighted by Crippen LogP contribution is 2.19. The summed E-state index contributed by atoms with van der Waals surface area (Å²) in [6.45, 7) is 5.15. The minimum atomic E-state index is -0.136. The number of benzene rings is 1. The molecule has 0 aliphatic rings. The second-order valence-corrected chi connectivity index (χ2v) is 5.57. The summed E-state index contributed by atoms with van der Waals surface area (Å²) >= 11 is 1.78. The number of rotatable bonds is 8. The highest BCUT2D eigenvalue weighted by molar-refractivity contribution is 7.99. The second-order valence-electron chi connectivity index (χ2n) is 4.42. The van der Waals surface area contributed by atoms with Crippen molar-refractivity contribution in [1.82, 2.24) is 5.32 Å². The molecule has 0 saturated heterocycles. The van der Waals surface area contributed by atoms with Gasteiger partial charge in [-0.05, 0) is 19.0 Å². The van der Waals surface area contributed by atoms with Gasteiger partial charge in [-0.3, -0.25) is 4.79 Å². The Labute approximate surface area is 120 Å². The van der Waals surface area contributed by atoms with Crippen LogP contribution in [0.3, 0.4) is 0 Å². The normalized spacial score (nSPS) is 12.2. The maximum atomic E-state index is 11.0. The highest BCUT2D eigenvalue weighted by atomic mass is 32.2. The predicted octanol–water partition coefficient (Wildman–Crippen LogP) is 2.94. The summed E-state index contributed by atoms with van der Waals surface area (Å²) in [6, 6.07) is 8.96. The fourth-order valence-electron chi connectivity index (χ4n) is 1.78. The number of aryl methyl sites for hydroxylation is 1. The zero-order valence-electron chi connectivity index (χ0n) is 11.9. The number of nitrogens with one attached hydrogen (secondary N) is 1. The first-order chi connectivity index (χ1) is 9.17. The van der Waals surface area contributed by atoms with Gasteiger partial charge in [0.1, 0.15) is 0 Å². The number of esters is 1. The number of methoxy groups -OCH3 is 1. The third-order valence-electron chi connectivity index (χ3n) is 2.89. The smallest absolute Gasteiger partial charge is 0.306 e. The van der Waals surface area contributed by atoms with Crippen LogP contribution in [0.25, 0.3) is 0 Å². The maximum Gasteiger partial charge on any atom is 0.306 e. The topological polar surface area (TPSA) is 38.3 Å². The molecule has 4 heteroatoms. The van der Waals surface area contributed by atoms with Crippen LogP contribution in [0.15, 0.2) is 24.3 Å². The lowest BCUT2D eigenvalue weighted by molar-refractivity contribution is -0.140. The largest absolute Gasteiger partial charge is 0.469 e. The van der Waals surface area contributed by atoms with E-state index < -0.39 is 0 Å². The molecule has 0 fully saturated rings. The number of carbonyl (C=O) groups is 1. The van der Waals surface area contributed by atoms with Gasteiger partial charge in [-0.2, -0.15) is 11.8 Å². The standard InChI is InChI=1S/C15H23NO2S/c1-4-16-14(11-19-10-9-15(17)18-3)13-7-5-12(2)6-8-13/h5-8,14,16H,4,9-11H2,1-3H3. The molecule has 0 spiro atoms. The number of hydrogen-bond donors (Lipinski definition) is 1. The van der Waals surface area contributed by atoms with Crippen LogP contribution in [-0.2, 0) is 9.53 Å². The van der Waals surface area contributed by atoms with E-state index in [-0.39, 0.29) is 5.97 Å². The number of hydrogen-bond acceptors (Lipinski definition) is 4. The van der Waals surface area contributed by atoms with Crippen molar-refractivity contribution in [2.45, 2.75) is 26.3 Å². The van der Waals surface area contributed by atoms with E-state index in [0.29, 0.717) is 12.5 Å². The molecule has 0 saturated carbocycles. The monoisotopic (exact) mass is 281 g/mol. The molecule has 0 bridgehead atoms. The lowest BCUT2D eigenvalue weighted by Crippen LogP contribution is -2.23. The van der Waals surface area contributed by atoms with E-state index in [1.54, 1.807) is 11.8 Å². The highest BCUT2D eigenvalue weighted by Gasteiger charge is 2.10. The quantitative estimate of drug-likeness (QED) is 0.587. The third kappa shape index (κ3) is 6.12. The van der Waals surface area contributed by atoms with Crippen LogP contribution in [0, 0.1) is 6.92 Å². The van der Waals surface area contributed by atoms with Crippen LogP contribution in [0.5, 0.6) is 0 Å². The van der Waals surface area contributed by atoms with Crippen molar-refractivity contribution in [3.63, 3.8) is 0 Å². The van der Waals surface area contributed by atoms with Crippen LogP contribution < -0.4 is 5.32 Å². The maximum absolute atomic E-state index is 11.0. The summed E-state index contributed by atoms with van der Waals surface area (Å²) in [4.78, 5) is 11.0. The number of thioether (sulfide) groups is 1. The minimum absolute atomic E-state index is 0.136. The van der Waals surface area contributed by atoms with E-state index >= 15 is 0 Å². The summed E-state index contributed by atoms with van der Waals surface area (Å²) in [6.07, 6.45) is 0.480. The average Bonchev–Trinajstić information content (AvgIpc) is 2.43. The Morgan fingerprint density at radius 3 is 2.63 bits per heavy atom. The average molecular weight is 281 g/mol. The van der Waals surface area contributed by atoms with Crippen LogP contribution in [-0.4, -0.2) is 31.1 Å². The molecule has 0 aliphatic carbocycles. The van der Waals surface area contributed by atoms with Gasteiger partial charge in [-0.15, -0.1) is 0 Å². The second kappa shape index (κ2) is 8.99. The van der Waals surface area contributed by atoms with Crippen molar-refractivity contribution in [1.29, 1.82) is 0 Å². The molecular formula is C15H23NO2S. The molecule has 1 aromatic carbocycles. The molecule has 1 atom stereocenters. The minimum Gasteiger partial charge on any atom is -0.469 e. The molecule has 1 aromatic rings. The summed E-state index contributed by atoms with van der Waals surface area (Å²) in [5.41, 5.74) is 2.58. The van der Waals surface area contributed by atoms with Gasteiger partial charge in [0.25, 0.3) is 0 Å². The van der Waals surface area contributed by atoms with E-state index in [2.05, 4.69) is 48.2 Å². The molecule has 3 nitrogen and oxygen atoms in total. The van der Waals surface area contributed by atoms with E-state index in [9.17, 15) is 4.79 Å². The van der Waals surface area contributed by atoms with Gasteiger partial charge < -0.3 is 10.1 Å². The molecule has 19 heavy (non-hydrogen) atoms. The van der Waals surface area contributed by atoms with Crippen LogP contribution in [0.1, 0.15) is 30.5 Å². The first kappa shape index (κ1) is 16.1. The predicted molar refractivity (Wildman–Crippen MR) is 81.6 cm³/mol. The van der Waals surface area contributed by atoms with Crippen molar-refractivity contribution in [2.24, 2.45) is 0 Å². The van der Waals surface area contributed by atoms with Gasteiger partial charge in [-0.1, -0.05) is 36.8 Å². The van der Waals surface area contributed by atoms with Crippen molar-refractivity contribution in [3.8, 4) is 0 Å². The van der Waals surface area contributed by atoms with Crippen molar-refractivity contribution in [3.05, 3.63) is 35.4 Å². The van der Waals surface area contributed by atoms with Gasteiger partial charge in [0.15, 0.2) is 0 Å². The molecule has 1 N–H and O–H groups in total. The molecule has 1 rings (SSSR count). The summed E-state index contributed by atoms with van der Waals surface area (Å²) in [5.74, 6) is 1.64. The Bertz CT molecular complexity index is 378. The van der Waals surface area contributed by atoms with Crippen LogP contribution >= 0.6 is 11.8 Å². The van der Waals surface area contributed by atoms with E-state index in [1.165, 1.54) is 18.2 Å². The molecule has 1 unspecified atom stereocenters. The summed E-state index contributed by atoms with van der Waals surface area (Å²) in [5, 5.41) is 3.48. The lowest BCUT2D eigenvalue weighted by atomic mass is 10.1. The first-order valence-corrected chi connectivity index (χ1v) is 7.77. The Kier molecular flexibility index (Phi) is 7.60. The molecule has 0 heterocycles. The van der Waals surface area contributed by atoms with Gasteiger partial charge in [0, 0.05) is 17.5 Å². The molecule has 0 radical (unpaired) electrons. The van der Waals surface area contributed by atoms with Crippen LogP contribution in [0.2, 0.25) is 0 Å². The zero-order valence-corrected chi connectivity index (χ0v) is 12.8. The fourth-order valence-corrected chi connectivity index (χ4v) is 2.80. The third-order valence-corrected chi connectivity index (χ3v) is 3.95. The van der Waals surface area contributed by atoms with E-state index in [4.69, 9.17) is 0 Å². The first-order valence-electron chi connectivity index (χ1n) is 6.62. The lowest BCUT2D eigenvalue weighted by Gasteiger charge is -2.18. The van der Waals surface area contributed by atoms with Gasteiger partial charge in [0.05, 0.1) is 13.5 Å². The van der Waals surface area contributed by atoms with Crippen molar-refractivity contribution < 1.29 is 9.53 Å². The van der Waals surface area contributed by atoms with E-state index in [1.807, 2.05) is 0 Å². The SMILES string of the molecule is CCNC(CSCCC(=O)OC)c1ccc(C)cc1. The molecular weight excluding hydrogens is 258 g/mol. The fraction of sp³-hybridized carbons (Fsp3) is 0.533. The Morgan fingerprint density at radius 1 is 1.37 bits per heavy atom. The molecule has 0 aliphatic heterocycles. The summed E-state index contributed by atoms with van der Waals surface area (Å²) < 4.78 is 4.63. The van der Waals surface area contributed by atoms with Crippen molar-refractivity contribution >= 4 is 17.7 Å². The molecule has 106 valence electrons.